The van der Waals surface area contributed by atoms with Crippen molar-refractivity contribution in [2.45, 2.75) is 26.2 Å². The summed E-state index contributed by atoms with van der Waals surface area (Å²) < 4.78 is 0. The van der Waals surface area contributed by atoms with Gasteiger partial charge in [-0.15, -0.1) is 0 Å². The minimum atomic E-state index is -0.505. The van der Waals surface area contributed by atoms with Gasteiger partial charge in [0.1, 0.15) is 0 Å². The molecule has 1 heterocycles. The van der Waals surface area contributed by atoms with Crippen LogP contribution in [0.15, 0.2) is 48.5 Å². The van der Waals surface area contributed by atoms with Crippen LogP contribution in [-0.4, -0.2) is 24.3 Å². The van der Waals surface area contributed by atoms with Crippen molar-refractivity contribution in [1.82, 2.24) is 10.9 Å². The number of benzene rings is 2. The van der Waals surface area contributed by atoms with Gasteiger partial charge in [-0.3, -0.25) is 25.2 Å². The second-order valence-electron chi connectivity index (χ2n) is 6.77. The third-order valence-electron chi connectivity index (χ3n) is 4.76. The summed E-state index contributed by atoms with van der Waals surface area (Å²) in [6.07, 6.45) is 1.17. The standard InChI is InChI=1S/C21H22ClN3O3/c1-2-14-5-9-18(10-6-14)25-13-16(12-20(25)27)21(28)24-23-19(26)11-15-3-7-17(22)8-4-15/h3-10,16H,2,11-13H2,1H3,(H,23,26)(H,24,28). The van der Waals surface area contributed by atoms with E-state index in [1.807, 2.05) is 24.3 Å². The van der Waals surface area contributed by atoms with E-state index in [4.69, 9.17) is 11.6 Å². The number of anilines is 1. The van der Waals surface area contributed by atoms with Gasteiger partial charge in [0.05, 0.1) is 12.3 Å². The third-order valence-corrected chi connectivity index (χ3v) is 5.01. The average Bonchev–Trinajstić information content (AvgIpc) is 3.10. The molecule has 1 saturated heterocycles. The number of hydrogen-bond donors (Lipinski definition) is 2. The first-order valence-corrected chi connectivity index (χ1v) is 9.56. The number of rotatable bonds is 5. The topological polar surface area (TPSA) is 78.5 Å². The predicted molar refractivity (Wildman–Crippen MR) is 108 cm³/mol. The highest BCUT2D eigenvalue weighted by molar-refractivity contribution is 6.30. The van der Waals surface area contributed by atoms with E-state index in [2.05, 4.69) is 17.8 Å². The highest BCUT2D eigenvalue weighted by Gasteiger charge is 2.35. The van der Waals surface area contributed by atoms with Crippen LogP contribution in [0.2, 0.25) is 5.02 Å². The second kappa shape index (κ2) is 8.89. The van der Waals surface area contributed by atoms with Crippen molar-refractivity contribution in [2.24, 2.45) is 5.92 Å². The molecule has 7 heteroatoms. The van der Waals surface area contributed by atoms with Gasteiger partial charge in [0, 0.05) is 23.7 Å². The molecule has 1 atom stereocenters. The highest BCUT2D eigenvalue weighted by atomic mass is 35.5. The Kier molecular flexibility index (Phi) is 6.31. The van der Waals surface area contributed by atoms with Crippen LogP contribution in [0.1, 0.15) is 24.5 Å². The molecule has 3 amide bonds. The molecule has 1 fully saturated rings. The van der Waals surface area contributed by atoms with Crippen LogP contribution in [0.5, 0.6) is 0 Å². The van der Waals surface area contributed by atoms with E-state index in [1.165, 1.54) is 5.56 Å². The molecular formula is C21H22ClN3O3. The van der Waals surface area contributed by atoms with Gasteiger partial charge in [0.15, 0.2) is 0 Å². The molecular weight excluding hydrogens is 378 g/mol. The summed E-state index contributed by atoms with van der Waals surface area (Å²) >= 11 is 5.82. The number of aryl methyl sites for hydroxylation is 1. The summed E-state index contributed by atoms with van der Waals surface area (Å²) in [7, 11) is 0. The zero-order chi connectivity index (χ0) is 20.1. The molecule has 0 spiro atoms. The quantitative estimate of drug-likeness (QED) is 0.758. The van der Waals surface area contributed by atoms with E-state index in [1.54, 1.807) is 29.2 Å². The lowest BCUT2D eigenvalue weighted by molar-refractivity contribution is -0.131. The van der Waals surface area contributed by atoms with Gasteiger partial charge >= 0.3 is 0 Å². The Morgan fingerprint density at radius 1 is 1.04 bits per heavy atom. The van der Waals surface area contributed by atoms with Crippen LogP contribution in [0.3, 0.4) is 0 Å². The number of carbonyl (C=O) groups is 3. The smallest absolute Gasteiger partial charge is 0.243 e. The van der Waals surface area contributed by atoms with Crippen LogP contribution in [0, 0.1) is 5.92 Å². The van der Waals surface area contributed by atoms with Gasteiger partial charge < -0.3 is 4.90 Å². The fraction of sp³-hybridized carbons (Fsp3) is 0.286. The Morgan fingerprint density at radius 3 is 2.32 bits per heavy atom. The van der Waals surface area contributed by atoms with E-state index in [-0.39, 0.29) is 30.6 Å². The number of halogens is 1. The second-order valence-corrected chi connectivity index (χ2v) is 7.20. The highest BCUT2D eigenvalue weighted by Crippen LogP contribution is 2.25. The van der Waals surface area contributed by atoms with E-state index < -0.39 is 5.92 Å². The average molecular weight is 400 g/mol. The molecule has 146 valence electrons. The van der Waals surface area contributed by atoms with E-state index >= 15 is 0 Å². The largest absolute Gasteiger partial charge is 0.312 e. The Labute approximate surface area is 168 Å². The van der Waals surface area contributed by atoms with Crippen LogP contribution >= 0.6 is 11.6 Å². The number of amides is 3. The number of hydrogen-bond acceptors (Lipinski definition) is 3. The van der Waals surface area contributed by atoms with Crippen LogP contribution < -0.4 is 15.8 Å². The Balaban J connectivity index is 1.51. The van der Waals surface area contributed by atoms with Crippen molar-refractivity contribution in [2.75, 3.05) is 11.4 Å². The molecule has 1 unspecified atom stereocenters. The molecule has 2 aromatic carbocycles. The minimum Gasteiger partial charge on any atom is -0.312 e. The third kappa shape index (κ3) is 4.89. The fourth-order valence-corrected chi connectivity index (χ4v) is 3.24. The first-order valence-electron chi connectivity index (χ1n) is 9.18. The van der Waals surface area contributed by atoms with Crippen molar-refractivity contribution < 1.29 is 14.4 Å². The molecule has 1 aliphatic rings. The van der Waals surface area contributed by atoms with E-state index in [0.717, 1.165) is 17.7 Å². The maximum absolute atomic E-state index is 12.3. The van der Waals surface area contributed by atoms with Gasteiger partial charge in [-0.2, -0.15) is 0 Å². The number of carbonyl (C=O) groups excluding carboxylic acids is 3. The number of nitrogens with zero attached hydrogens (tertiary/aromatic N) is 1. The maximum atomic E-state index is 12.3. The van der Waals surface area contributed by atoms with Crippen LogP contribution in [0.25, 0.3) is 0 Å². The summed E-state index contributed by atoms with van der Waals surface area (Å²) in [5.74, 6) is -1.32. The molecule has 0 bridgehead atoms. The lowest BCUT2D eigenvalue weighted by Crippen LogP contribution is -2.45. The first-order chi connectivity index (χ1) is 13.5. The minimum absolute atomic E-state index is 0.100. The van der Waals surface area contributed by atoms with Crippen molar-refractivity contribution >= 4 is 35.0 Å². The Bertz CT molecular complexity index is 865. The van der Waals surface area contributed by atoms with Gasteiger partial charge in [-0.1, -0.05) is 42.8 Å². The van der Waals surface area contributed by atoms with Crippen molar-refractivity contribution in [3.63, 3.8) is 0 Å². The maximum Gasteiger partial charge on any atom is 0.243 e. The SMILES string of the molecule is CCc1ccc(N2CC(C(=O)NNC(=O)Cc3ccc(Cl)cc3)CC2=O)cc1. The zero-order valence-corrected chi connectivity index (χ0v) is 16.3. The summed E-state index contributed by atoms with van der Waals surface area (Å²) in [6.45, 7) is 2.36. The normalized spacial score (nSPS) is 16.1. The zero-order valence-electron chi connectivity index (χ0n) is 15.6. The number of hydrazine groups is 1. The lowest BCUT2D eigenvalue weighted by Gasteiger charge is -2.17. The summed E-state index contributed by atoms with van der Waals surface area (Å²) in [5, 5.41) is 0.595. The molecule has 0 aliphatic carbocycles. The lowest BCUT2D eigenvalue weighted by atomic mass is 10.1. The fourth-order valence-electron chi connectivity index (χ4n) is 3.11. The van der Waals surface area contributed by atoms with Crippen molar-refractivity contribution in [3.05, 3.63) is 64.7 Å². The summed E-state index contributed by atoms with van der Waals surface area (Å²) in [5.41, 5.74) is 7.58. The molecule has 6 nitrogen and oxygen atoms in total. The predicted octanol–water partition coefficient (Wildman–Crippen LogP) is 2.65. The van der Waals surface area contributed by atoms with Crippen molar-refractivity contribution in [1.29, 1.82) is 0 Å². The van der Waals surface area contributed by atoms with Gasteiger partial charge in [-0.25, -0.2) is 0 Å². The molecule has 0 saturated carbocycles. The molecule has 2 N–H and O–H groups in total. The molecule has 3 rings (SSSR count). The Morgan fingerprint density at radius 2 is 1.68 bits per heavy atom. The molecule has 0 aromatic heterocycles. The summed E-state index contributed by atoms with van der Waals surface area (Å²) in [6, 6.07) is 14.7. The van der Waals surface area contributed by atoms with Gasteiger partial charge in [0.2, 0.25) is 17.7 Å². The van der Waals surface area contributed by atoms with Gasteiger partial charge in [0.25, 0.3) is 0 Å². The van der Waals surface area contributed by atoms with E-state index in [0.29, 0.717) is 11.6 Å². The van der Waals surface area contributed by atoms with Crippen molar-refractivity contribution in [3.8, 4) is 0 Å². The molecule has 28 heavy (non-hydrogen) atoms. The Hall–Kier alpha value is -2.86. The van der Waals surface area contributed by atoms with Crippen LogP contribution in [-0.2, 0) is 27.2 Å². The number of nitrogens with one attached hydrogen (secondary N) is 2. The molecule has 0 radical (unpaired) electrons. The van der Waals surface area contributed by atoms with Crippen LogP contribution in [0.4, 0.5) is 5.69 Å². The summed E-state index contributed by atoms with van der Waals surface area (Å²) in [4.78, 5) is 38.2. The van der Waals surface area contributed by atoms with E-state index in [9.17, 15) is 14.4 Å². The molecule has 1 aliphatic heterocycles. The first kappa shape index (κ1) is 19.9. The van der Waals surface area contributed by atoms with Gasteiger partial charge in [-0.05, 0) is 41.8 Å². The monoisotopic (exact) mass is 399 g/mol. The molecule has 2 aromatic rings.